The van der Waals surface area contributed by atoms with Crippen LogP contribution in [0.3, 0.4) is 0 Å². The van der Waals surface area contributed by atoms with Crippen LogP contribution in [0, 0.1) is 5.82 Å². The summed E-state index contributed by atoms with van der Waals surface area (Å²) in [5, 5.41) is 0. The number of amides is 1. The normalized spacial score (nSPS) is 21.0. The van der Waals surface area contributed by atoms with Crippen LogP contribution in [0.25, 0.3) is 0 Å². The summed E-state index contributed by atoms with van der Waals surface area (Å²) in [6, 6.07) is 6.70. The Morgan fingerprint density at radius 1 is 1.42 bits per heavy atom. The minimum Gasteiger partial charge on any atom is -0.371 e. The molecule has 0 aliphatic heterocycles. The number of carbonyl (C=O) groups is 1. The topological polar surface area (TPSA) is 49.6 Å². The molecule has 1 aromatic rings. The highest BCUT2D eigenvalue weighted by molar-refractivity contribution is 5.93. The van der Waals surface area contributed by atoms with Crippen LogP contribution in [-0.4, -0.2) is 41.4 Å². The number of hydrogen-bond donors (Lipinski definition) is 1. The number of rotatable bonds is 6. The minimum atomic E-state index is -0.278. The molecule has 1 aliphatic rings. The first-order chi connectivity index (χ1) is 11.5. The van der Waals surface area contributed by atoms with Crippen molar-refractivity contribution in [2.75, 3.05) is 13.6 Å². The van der Waals surface area contributed by atoms with Gasteiger partial charge in [-0.05, 0) is 50.8 Å². The first kappa shape index (κ1) is 18.5. The van der Waals surface area contributed by atoms with Crippen molar-refractivity contribution in [1.82, 2.24) is 9.80 Å². The van der Waals surface area contributed by atoms with E-state index in [1.165, 1.54) is 12.1 Å². The SMILES string of the molecule is C/C=C(/C(=O)N(Cc1cccc(F)c1)C1CCC(N)C1)N(C)CC. The highest BCUT2D eigenvalue weighted by Crippen LogP contribution is 2.26. The van der Waals surface area contributed by atoms with Gasteiger partial charge in [0, 0.05) is 32.2 Å². The molecule has 0 bridgehead atoms. The van der Waals surface area contributed by atoms with Gasteiger partial charge in [0.1, 0.15) is 5.82 Å². The molecular formula is C19H28FN3O. The highest BCUT2D eigenvalue weighted by Gasteiger charge is 2.32. The third-order valence-corrected chi connectivity index (χ3v) is 4.77. The summed E-state index contributed by atoms with van der Waals surface area (Å²) in [4.78, 5) is 16.9. The maximum atomic E-state index is 13.5. The van der Waals surface area contributed by atoms with Crippen LogP contribution in [0.4, 0.5) is 4.39 Å². The number of hydrogen-bond acceptors (Lipinski definition) is 3. The lowest BCUT2D eigenvalue weighted by Gasteiger charge is -2.32. The van der Waals surface area contributed by atoms with Gasteiger partial charge >= 0.3 is 0 Å². The van der Waals surface area contributed by atoms with Gasteiger partial charge in [-0.15, -0.1) is 0 Å². The summed E-state index contributed by atoms with van der Waals surface area (Å²) in [6.45, 7) is 5.05. The maximum Gasteiger partial charge on any atom is 0.270 e. The number of benzene rings is 1. The van der Waals surface area contributed by atoms with E-state index < -0.39 is 0 Å². The van der Waals surface area contributed by atoms with Gasteiger partial charge in [0.05, 0.1) is 5.70 Å². The lowest BCUT2D eigenvalue weighted by atomic mass is 10.1. The molecule has 1 aliphatic carbocycles. The van der Waals surface area contributed by atoms with Gasteiger partial charge in [-0.1, -0.05) is 18.2 Å². The fourth-order valence-corrected chi connectivity index (χ4v) is 3.30. The number of likely N-dealkylation sites (N-methyl/N-ethyl adjacent to an activating group) is 1. The van der Waals surface area contributed by atoms with E-state index in [4.69, 9.17) is 5.73 Å². The summed E-state index contributed by atoms with van der Waals surface area (Å²) in [5.41, 5.74) is 7.53. The first-order valence-corrected chi connectivity index (χ1v) is 8.64. The van der Waals surface area contributed by atoms with Crippen LogP contribution in [0.2, 0.25) is 0 Å². The Morgan fingerprint density at radius 2 is 2.17 bits per heavy atom. The van der Waals surface area contributed by atoms with E-state index >= 15 is 0 Å². The molecule has 4 nitrogen and oxygen atoms in total. The molecule has 0 saturated heterocycles. The fraction of sp³-hybridized carbons (Fsp3) is 0.526. The smallest absolute Gasteiger partial charge is 0.270 e. The molecule has 1 amide bonds. The average molecular weight is 333 g/mol. The van der Waals surface area contributed by atoms with Crippen LogP contribution < -0.4 is 5.73 Å². The van der Waals surface area contributed by atoms with Crippen molar-refractivity contribution in [2.24, 2.45) is 5.73 Å². The number of nitrogens with two attached hydrogens (primary N) is 1. The van der Waals surface area contributed by atoms with Gasteiger partial charge < -0.3 is 15.5 Å². The van der Waals surface area contributed by atoms with E-state index in [1.807, 2.05) is 42.8 Å². The molecule has 0 heterocycles. The molecule has 0 aromatic heterocycles. The summed E-state index contributed by atoms with van der Waals surface area (Å²) in [6.07, 6.45) is 4.47. The third kappa shape index (κ3) is 4.35. The Bertz CT molecular complexity index is 602. The Morgan fingerprint density at radius 3 is 2.71 bits per heavy atom. The summed E-state index contributed by atoms with van der Waals surface area (Å²) < 4.78 is 13.5. The van der Waals surface area contributed by atoms with E-state index in [2.05, 4.69) is 0 Å². The zero-order chi connectivity index (χ0) is 17.7. The van der Waals surface area contributed by atoms with E-state index in [0.29, 0.717) is 12.2 Å². The molecule has 2 N–H and O–H groups in total. The molecule has 0 radical (unpaired) electrons. The van der Waals surface area contributed by atoms with Crippen LogP contribution in [0.5, 0.6) is 0 Å². The predicted molar refractivity (Wildman–Crippen MR) is 94.6 cm³/mol. The van der Waals surface area contributed by atoms with Gasteiger partial charge in [0.15, 0.2) is 0 Å². The Kier molecular flexibility index (Phi) is 6.37. The molecule has 1 fully saturated rings. The second-order valence-electron chi connectivity index (χ2n) is 6.48. The molecule has 2 rings (SSSR count). The number of nitrogens with zero attached hydrogens (tertiary/aromatic N) is 2. The van der Waals surface area contributed by atoms with Crippen molar-refractivity contribution in [3.05, 3.63) is 47.4 Å². The summed E-state index contributed by atoms with van der Waals surface area (Å²) in [5.74, 6) is -0.287. The molecule has 24 heavy (non-hydrogen) atoms. The van der Waals surface area contributed by atoms with Crippen molar-refractivity contribution in [1.29, 1.82) is 0 Å². The van der Waals surface area contributed by atoms with Crippen molar-refractivity contribution < 1.29 is 9.18 Å². The molecular weight excluding hydrogens is 305 g/mol. The minimum absolute atomic E-state index is 0.00906. The molecule has 0 spiro atoms. The lowest BCUT2D eigenvalue weighted by molar-refractivity contribution is -0.131. The van der Waals surface area contributed by atoms with Gasteiger partial charge in [-0.2, -0.15) is 0 Å². The molecule has 2 atom stereocenters. The van der Waals surface area contributed by atoms with Gasteiger partial charge in [-0.3, -0.25) is 4.79 Å². The molecule has 132 valence electrons. The van der Waals surface area contributed by atoms with Crippen molar-refractivity contribution in [3.63, 3.8) is 0 Å². The van der Waals surface area contributed by atoms with E-state index in [-0.39, 0.29) is 23.8 Å². The van der Waals surface area contributed by atoms with E-state index in [1.54, 1.807) is 6.07 Å². The molecule has 5 heteroatoms. The van der Waals surface area contributed by atoms with E-state index in [0.717, 1.165) is 31.4 Å². The summed E-state index contributed by atoms with van der Waals surface area (Å²) >= 11 is 0. The number of carbonyl (C=O) groups excluding carboxylic acids is 1. The lowest BCUT2D eigenvalue weighted by Crippen LogP contribution is -2.43. The number of allylic oxidation sites excluding steroid dienone is 1. The average Bonchev–Trinajstić information content (AvgIpc) is 2.99. The second kappa shape index (κ2) is 8.29. The van der Waals surface area contributed by atoms with Crippen molar-refractivity contribution >= 4 is 5.91 Å². The zero-order valence-electron chi connectivity index (χ0n) is 14.8. The van der Waals surface area contributed by atoms with Crippen LogP contribution in [0.1, 0.15) is 38.7 Å². The zero-order valence-corrected chi connectivity index (χ0v) is 14.8. The molecule has 1 saturated carbocycles. The van der Waals surface area contributed by atoms with Crippen LogP contribution in [0.15, 0.2) is 36.0 Å². The summed E-state index contributed by atoms with van der Waals surface area (Å²) in [7, 11) is 1.91. The van der Waals surface area contributed by atoms with Crippen LogP contribution >= 0.6 is 0 Å². The molecule has 1 aromatic carbocycles. The van der Waals surface area contributed by atoms with Crippen LogP contribution in [-0.2, 0) is 11.3 Å². The maximum absolute atomic E-state index is 13.5. The highest BCUT2D eigenvalue weighted by atomic mass is 19.1. The van der Waals surface area contributed by atoms with Crippen molar-refractivity contribution in [2.45, 2.75) is 51.7 Å². The Labute approximate surface area is 144 Å². The first-order valence-electron chi connectivity index (χ1n) is 8.64. The predicted octanol–water partition coefficient (Wildman–Crippen LogP) is 2.89. The van der Waals surface area contributed by atoms with Gasteiger partial charge in [-0.25, -0.2) is 4.39 Å². The third-order valence-electron chi connectivity index (χ3n) is 4.77. The quantitative estimate of drug-likeness (QED) is 0.815. The van der Waals surface area contributed by atoms with Gasteiger partial charge in [0.2, 0.25) is 0 Å². The van der Waals surface area contributed by atoms with Crippen molar-refractivity contribution in [3.8, 4) is 0 Å². The van der Waals surface area contributed by atoms with Gasteiger partial charge in [0.25, 0.3) is 5.91 Å². The number of halogens is 1. The Hall–Kier alpha value is -1.88. The van der Waals surface area contributed by atoms with E-state index in [9.17, 15) is 9.18 Å². The largest absolute Gasteiger partial charge is 0.371 e. The fourth-order valence-electron chi connectivity index (χ4n) is 3.30. The standard InChI is InChI=1S/C19H28FN3O/c1-4-18(22(3)5-2)19(24)23(17-10-9-16(21)12-17)13-14-7-6-8-15(20)11-14/h4,6-8,11,16-17H,5,9-10,12-13,21H2,1-3H3/b18-4-. The monoisotopic (exact) mass is 333 g/mol. The Balaban J connectivity index is 2.27. The molecule has 2 unspecified atom stereocenters. The second-order valence-corrected chi connectivity index (χ2v) is 6.48.